The fourth-order valence-corrected chi connectivity index (χ4v) is 5.46. The highest BCUT2D eigenvalue weighted by Crippen LogP contribution is 2.33. The lowest BCUT2D eigenvalue weighted by Gasteiger charge is -2.25. The molecule has 0 fully saturated rings. The number of fused-ring (bicyclic) bond motifs is 1. The zero-order valence-corrected chi connectivity index (χ0v) is 22.4. The summed E-state index contributed by atoms with van der Waals surface area (Å²) in [5.74, 6) is 0.686. The van der Waals surface area contributed by atoms with Crippen LogP contribution in [0.2, 0.25) is 0 Å². The van der Waals surface area contributed by atoms with Gasteiger partial charge in [0.05, 0.1) is 29.9 Å². The maximum Gasteiger partial charge on any atom is 0.283 e. The van der Waals surface area contributed by atoms with E-state index >= 15 is 0 Å². The zero-order valence-electron chi connectivity index (χ0n) is 20.7. The van der Waals surface area contributed by atoms with E-state index in [0.29, 0.717) is 23.7 Å². The molecule has 0 aromatic heterocycles. The third-order valence-corrected chi connectivity index (χ3v) is 8.34. The molecule has 194 valence electrons. The molecule has 2 aromatic carbocycles. The van der Waals surface area contributed by atoms with E-state index in [4.69, 9.17) is 19.6 Å². The summed E-state index contributed by atoms with van der Waals surface area (Å²) in [4.78, 5) is 17.7. The number of ether oxygens (including phenoxy) is 3. The predicted octanol–water partition coefficient (Wildman–Crippen LogP) is 3.86. The van der Waals surface area contributed by atoms with Crippen LogP contribution >= 0.6 is 11.9 Å². The normalized spacial score (nSPS) is 16.6. The van der Waals surface area contributed by atoms with Gasteiger partial charge in [-0.15, -0.1) is 0 Å². The third-order valence-electron chi connectivity index (χ3n) is 5.50. The molecule has 0 unspecified atom stereocenters. The number of carbonyl (C=O) groups is 1. The molecule has 2 aliphatic heterocycles. The lowest BCUT2D eigenvalue weighted by atomic mass is 10.1. The Morgan fingerprint density at radius 1 is 1.08 bits per heavy atom. The van der Waals surface area contributed by atoms with E-state index in [1.807, 2.05) is 31.2 Å². The van der Waals surface area contributed by atoms with Gasteiger partial charge in [-0.05, 0) is 56.7 Å². The van der Waals surface area contributed by atoms with E-state index in [1.54, 1.807) is 18.2 Å². The first-order valence-corrected chi connectivity index (χ1v) is 13.7. The monoisotopic (exact) mass is 542 g/mol. The van der Waals surface area contributed by atoms with Crippen LogP contribution in [0.4, 0.5) is 0 Å². The third kappa shape index (κ3) is 5.54. The molecule has 1 N–H and O–H groups in total. The molecule has 37 heavy (non-hydrogen) atoms. The van der Waals surface area contributed by atoms with Crippen LogP contribution in [0, 0.1) is 12.3 Å². The molecular formula is C25H26N4O6S2. The number of benzene rings is 2. The van der Waals surface area contributed by atoms with Gasteiger partial charge in [0, 0.05) is 0 Å². The number of hydrogen-bond acceptors (Lipinski definition) is 9. The van der Waals surface area contributed by atoms with Crippen LogP contribution < -0.4 is 14.2 Å². The van der Waals surface area contributed by atoms with Gasteiger partial charge < -0.3 is 14.2 Å². The minimum Gasteiger partial charge on any atom is -0.493 e. The van der Waals surface area contributed by atoms with Crippen LogP contribution in [0.25, 0.3) is 6.08 Å². The number of aliphatic imine (C=N–C) groups is 1. The van der Waals surface area contributed by atoms with Crippen LogP contribution in [-0.4, -0.2) is 61.0 Å². The molecule has 0 radical (unpaired) electrons. The number of aryl methyl sites for hydroxylation is 1. The minimum atomic E-state index is -3.79. The van der Waals surface area contributed by atoms with E-state index in [-0.39, 0.29) is 28.4 Å². The summed E-state index contributed by atoms with van der Waals surface area (Å²) in [5, 5.41) is 7.56. The second-order valence-electron chi connectivity index (χ2n) is 8.42. The summed E-state index contributed by atoms with van der Waals surface area (Å²) in [6.45, 7) is 5.67. The van der Waals surface area contributed by atoms with Crippen molar-refractivity contribution in [3.8, 4) is 17.2 Å². The lowest BCUT2D eigenvalue weighted by molar-refractivity contribution is -0.114. The largest absolute Gasteiger partial charge is 0.493 e. The summed E-state index contributed by atoms with van der Waals surface area (Å²) in [6, 6.07) is 12.8. The molecule has 10 nitrogen and oxygen atoms in total. The van der Waals surface area contributed by atoms with Crippen molar-refractivity contribution in [3.63, 3.8) is 0 Å². The Bertz CT molecular complexity index is 1430. The molecule has 2 aliphatic rings. The smallest absolute Gasteiger partial charge is 0.283 e. The van der Waals surface area contributed by atoms with Crippen molar-refractivity contribution in [2.45, 2.75) is 26.0 Å². The van der Waals surface area contributed by atoms with Gasteiger partial charge in [0.2, 0.25) is 20.2 Å². The van der Waals surface area contributed by atoms with Gasteiger partial charge in [-0.25, -0.2) is 13.3 Å². The van der Waals surface area contributed by atoms with Gasteiger partial charge in [0.15, 0.2) is 11.5 Å². The van der Waals surface area contributed by atoms with Crippen LogP contribution in [0.5, 0.6) is 17.2 Å². The molecule has 12 heteroatoms. The number of amides is 1. The molecule has 2 aromatic rings. The van der Waals surface area contributed by atoms with Crippen LogP contribution in [0.1, 0.15) is 25.0 Å². The number of methoxy groups -OCH3 is 1. The molecule has 0 atom stereocenters. The van der Waals surface area contributed by atoms with Gasteiger partial charge in [-0.2, -0.15) is 9.39 Å². The molecule has 0 aliphatic carbocycles. The number of sulfone groups is 1. The van der Waals surface area contributed by atoms with Crippen molar-refractivity contribution < 1.29 is 27.4 Å². The maximum absolute atomic E-state index is 12.7. The molecular weight excluding hydrogens is 516 g/mol. The van der Waals surface area contributed by atoms with Crippen molar-refractivity contribution in [2.24, 2.45) is 9.39 Å². The maximum atomic E-state index is 12.7. The van der Waals surface area contributed by atoms with E-state index in [1.165, 1.54) is 27.0 Å². The van der Waals surface area contributed by atoms with Crippen molar-refractivity contribution >= 4 is 49.9 Å². The van der Waals surface area contributed by atoms with Crippen molar-refractivity contribution in [1.29, 1.82) is 5.41 Å². The van der Waals surface area contributed by atoms with Crippen LogP contribution in [0.3, 0.4) is 0 Å². The number of amidine groups is 3. The number of nitrogens with zero attached hydrogens (tertiary/aromatic N) is 3. The van der Waals surface area contributed by atoms with E-state index in [0.717, 1.165) is 28.2 Å². The Morgan fingerprint density at radius 3 is 2.46 bits per heavy atom. The van der Waals surface area contributed by atoms with Gasteiger partial charge in [-0.1, -0.05) is 23.8 Å². The number of carbonyl (C=O) groups excluding carboxylic acids is 1. The highest BCUT2D eigenvalue weighted by molar-refractivity contribution is 8.16. The fraction of sp³-hybridized carbons (Fsp3) is 0.280. The Balaban J connectivity index is 1.49. The zero-order chi connectivity index (χ0) is 26.7. The lowest BCUT2D eigenvalue weighted by Crippen LogP contribution is -2.46. The first-order valence-electron chi connectivity index (χ1n) is 11.3. The minimum absolute atomic E-state index is 0.0422. The summed E-state index contributed by atoms with van der Waals surface area (Å²) in [5.41, 5.74) is 1.62. The van der Waals surface area contributed by atoms with Gasteiger partial charge in [0.1, 0.15) is 24.8 Å². The van der Waals surface area contributed by atoms with Crippen molar-refractivity contribution in [2.75, 3.05) is 20.3 Å². The molecule has 2 heterocycles. The summed E-state index contributed by atoms with van der Waals surface area (Å²) in [7, 11) is -2.30. The van der Waals surface area contributed by atoms with Crippen molar-refractivity contribution in [3.05, 3.63) is 59.2 Å². The second kappa shape index (κ2) is 10.8. The Morgan fingerprint density at radius 2 is 1.78 bits per heavy atom. The molecule has 0 saturated heterocycles. The first kappa shape index (κ1) is 26.4. The van der Waals surface area contributed by atoms with Crippen molar-refractivity contribution in [1.82, 2.24) is 4.90 Å². The standard InChI is InChI=1S/C25H26N4O6S2/c1-15(2)37(31,32)25-28-36-24-27-23(30)19(22(26)29(24)25)13-17-7-10-20(21(14-17)33-4)35-12-11-34-18-8-5-16(3)6-9-18/h5-10,13-15,26H,11-12H2,1-4H3/b19-13-,26-22?. The SMILES string of the molecule is COc1cc(/C=C2/C(=N)N3C(=NC2=O)SN=C3S(=O)(=O)C(C)C)ccc1OCCOc1ccc(C)cc1. The first-order chi connectivity index (χ1) is 17.6. The van der Waals surface area contributed by atoms with E-state index in [2.05, 4.69) is 9.39 Å². The summed E-state index contributed by atoms with van der Waals surface area (Å²) < 4.78 is 46.3. The molecule has 0 spiro atoms. The molecule has 0 bridgehead atoms. The highest BCUT2D eigenvalue weighted by atomic mass is 32.2. The number of hydrogen-bond donors (Lipinski definition) is 1. The molecule has 1 amide bonds. The van der Waals surface area contributed by atoms with Gasteiger partial charge in [0.25, 0.3) is 5.91 Å². The second-order valence-corrected chi connectivity index (χ2v) is 11.5. The average molecular weight is 543 g/mol. The summed E-state index contributed by atoms with van der Waals surface area (Å²) >= 11 is 0.760. The topological polar surface area (TPSA) is 131 Å². The van der Waals surface area contributed by atoms with E-state index < -0.39 is 21.0 Å². The quantitative estimate of drug-likeness (QED) is 0.302. The van der Waals surface area contributed by atoms with E-state index in [9.17, 15) is 13.2 Å². The Labute approximate surface area is 219 Å². The summed E-state index contributed by atoms with van der Waals surface area (Å²) in [6.07, 6.45) is 1.46. The number of nitrogens with one attached hydrogen (secondary N) is 1. The highest BCUT2D eigenvalue weighted by Gasteiger charge is 2.43. The molecule has 4 rings (SSSR count). The number of rotatable bonds is 8. The molecule has 0 saturated carbocycles. The van der Waals surface area contributed by atoms with Gasteiger partial charge >= 0.3 is 0 Å². The van der Waals surface area contributed by atoms with Crippen LogP contribution in [-0.2, 0) is 14.6 Å². The Kier molecular flexibility index (Phi) is 7.69. The predicted molar refractivity (Wildman–Crippen MR) is 144 cm³/mol. The average Bonchev–Trinajstić information content (AvgIpc) is 3.30. The fourth-order valence-electron chi connectivity index (χ4n) is 3.40. The van der Waals surface area contributed by atoms with Crippen LogP contribution in [0.15, 0.2) is 57.4 Å². The Hall–Kier alpha value is -3.64. The van der Waals surface area contributed by atoms with Gasteiger partial charge in [-0.3, -0.25) is 10.2 Å².